The smallest absolute Gasteiger partial charge is 0.274 e. The maximum atomic E-state index is 14.3. The van der Waals surface area contributed by atoms with Gasteiger partial charge in [-0.15, -0.1) is 0 Å². The number of carbonyl (C=O) groups is 1. The number of benzene rings is 4. The lowest BCUT2D eigenvalue weighted by Crippen LogP contribution is -2.27. The van der Waals surface area contributed by atoms with Gasteiger partial charge >= 0.3 is 0 Å². The zero-order valence-electron chi connectivity index (χ0n) is 24.6. The Morgan fingerprint density at radius 3 is 2.11 bits per heavy atom. The Kier molecular flexibility index (Phi) is 8.42. The second kappa shape index (κ2) is 12.4. The van der Waals surface area contributed by atoms with Crippen LogP contribution in [0.25, 0.3) is 22.0 Å². The van der Waals surface area contributed by atoms with Crippen LogP contribution in [0, 0.1) is 6.92 Å². The van der Waals surface area contributed by atoms with Crippen molar-refractivity contribution in [2.75, 3.05) is 21.3 Å². The van der Waals surface area contributed by atoms with Gasteiger partial charge in [-0.3, -0.25) is 9.78 Å². The van der Waals surface area contributed by atoms with Crippen molar-refractivity contribution in [2.24, 2.45) is 5.10 Å². The van der Waals surface area contributed by atoms with Gasteiger partial charge in [0.2, 0.25) is 5.75 Å². The molecule has 7 nitrogen and oxygen atoms in total. The molecule has 0 aliphatic carbocycles. The van der Waals surface area contributed by atoms with E-state index in [9.17, 15) is 4.79 Å². The molecule has 44 heavy (non-hydrogen) atoms. The standard InChI is InChI=1S/C35H29Br2N3O4/c1-20-32(33(22-8-6-5-7-9-22)26-18-25(37)14-15-27(26)38-20)28-19-29(21-10-12-24(36)13-11-21)40(39-28)35(41)23-16-30(42-2)34(44-4)31(17-23)43-3/h5-18,29H,19H2,1-4H3/t29-/m1/s1. The molecule has 4 aromatic carbocycles. The number of hydrazone groups is 1. The first-order chi connectivity index (χ1) is 21.3. The number of aryl methyl sites for hydroxylation is 1. The van der Waals surface area contributed by atoms with Crippen LogP contribution in [0.15, 0.2) is 99.0 Å². The fourth-order valence-electron chi connectivity index (χ4n) is 5.75. The number of ether oxygens (including phenoxy) is 3. The van der Waals surface area contributed by atoms with E-state index in [1.807, 2.05) is 61.5 Å². The van der Waals surface area contributed by atoms with Gasteiger partial charge in [-0.25, -0.2) is 5.01 Å². The van der Waals surface area contributed by atoms with Crippen LogP contribution in [-0.4, -0.2) is 42.9 Å². The Bertz CT molecular complexity index is 1890. The van der Waals surface area contributed by atoms with Gasteiger partial charge in [-0.1, -0.05) is 74.3 Å². The van der Waals surface area contributed by atoms with E-state index in [4.69, 9.17) is 24.3 Å². The van der Waals surface area contributed by atoms with Crippen LogP contribution in [0.3, 0.4) is 0 Å². The van der Waals surface area contributed by atoms with Crippen molar-refractivity contribution in [3.05, 3.63) is 116 Å². The first-order valence-electron chi connectivity index (χ1n) is 13.9. The third-order valence-corrected chi connectivity index (χ3v) is 8.79. The number of hydrogen-bond acceptors (Lipinski definition) is 6. The van der Waals surface area contributed by atoms with Crippen LogP contribution in [-0.2, 0) is 0 Å². The van der Waals surface area contributed by atoms with Crippen molar-refractivity contribution in [1.82, 2.24) is 9.99 Å². The topological polar surface area (TPSA) is 73.2 Å². The summed E-state index contributed by atoms with van der Waals surface area (Å²) in [5.41, 5.74) is 6.85. The molecular weight excluding hydrogens is 686 g/mol. The van der Waals surface area contributed by atoms with E-state index in [0.29, 0.717) is 29.2 Å². The molecule has 0 unspecified atom stereocenters. The Morgan fingerprint density at radius 2 is 1.48 bits per heavy atom. The zero-order valence-corrected chi connectivity index (χ0v) is 27.8. The van der Waals surface area contributed by atoms with Gasteiger partial charge in [0.05, 0.1) is 38.6 Å². The highest BCUT2D eigenvalue weighted by Gasteiger charge is 2.36. The van der Waals surface area contributed by atoms with Crippen LogP contribution in [0.1, 0.15) is 39.6 Å². The second-order valence-corrected chi connectivity index (χ2v) is 12.2. The normalized spacial score (nSPS) is 14.5. The fourth-order valence-corrected chi connectivity index (χ4v) is 6.37. The lowest BCUT2D eigenvalue weighted by molar-refractivity contribution is 0.0710. The molecule has 0 N–H and O–H groups in total. The van der Waals surface area contributed by atoms with Gasteiger partial charge in [0.15, 0.2) is 11.5 Å². The number of pyridine rings is 1. The van der Waals surface area contributed by atoms with Gasteiger partial charge in [0, 0.05) is 43.1 Å². The van der Waals surface area contributed by atoms with E-state index in [-0.39, 0.29) is 11.9 Å². The molecule has 9 heteroatoms. The number of halogens is 2. The summed E-state index contributed by atoms with van der Waals surface area (Å²) in [6.07, 6.45) is 0.500. The molecule has 0 fully saturated rings. The van der Waals surface area contributed by atoms with Gasteiger partial charge in [0.1, 0.15) is 0 Å². The van der Waals surface area contributed by atoms with E-state index in [1.165, 1.54) is 21.3 Å². The summed E-state index contributed by atoms with van der Waals surface area (Å²) in [7, 11) is 4.59. The Hall–Kier alpha value is -4.21. The van der Waals surface area contributed by atoms with Gasteiger partial charge in [0.25, 0.3) is 5.91 Å². The molecule has 1 aromatic heterocycles. The number of nitrogens with zero attached hydrogens (tertiary/aromatic N) is 3. The lowest BCUT2D eigenvalue weighted by Gasteiger charge is -2.23. The van der Waals surface area contributed by atoms with E-state index in [1.54, 1.807) is 17.1 Å². The zero-order chi connectivity index (χ0) is 31.0. The molecule has 0 spiro atoms. The third-order valence-electron chi connectivity index (χ3n) is 7.76. The van der Waals surface area contributed by atoms with Crippen molar-refractivity contribution < 1.29 is 19.0 Å². The number of methoxy groups -OCH3 is 3. The van der Waals surface area contributed by atoms with Gasteiger partial charge in [-0.2, -0.15) is 5.10 Å². The molecule has 1 aliphatic rings. The Morgan fingerprint density at radius 1 is 0.818 bits per heavy atom. The van der Waals surface area contributed by atoms with E-state index in [2.05, 4.69) is 50.1 Å². The molecule has 0 radical (unpaired) electrons. The molecule has 0 saturated carbocycles. The number of rotatable bonds is 7. The predicted octanol–water partition coefficient (Wildman–Crippen LogP) is 8.75. The summed E-state index contributed by atoms with van der Waals surface area (Å²) >= 11 is 7.20. The third kappa shape index (κ3) is 5.46. The lowest BCUT2D eigenvalue weighted by atomic mass is 9.89. The minimum atomic E-state index is -0.356. The first kappa shape index (κ1) is 29.8. The van der Waals surface area contributed by atoms with Crippen LogP contribution in [0.5, 0.6) is 17.2 Å². The minimum absolute atomic E-state index is 0.289. The van der Waals surface area contributed by atoms with Crippen LogP contribution >= 0.6 is 31.9 Å². The van der Waals surface area contributed by atoms with Crippen molar-refractivity contribution in [3.8, 4) is 28.4 Å². The number of hydrogen-bond donors (Lipinski definition) is 0. The molecule has 1 amide bonds. The average molecular weight is 715 g/mol. The molecule has 6 rings (SSSR count). The van der Waals surface area contributed by atoms with Crippen LogP contribution in [0.4, 0.5) is 0 Å². The molecule has 2 heterocycles. The highest BCUT2D eigenvalue weighted by atomic mass is 79.9. The van der Waals surface area contributed by atoms with Crippen molar-refractivity contribution in [1.29, 1.82) is 0 Å². The Labute approximate surface area is 272 Å². The molecular formula is C35H29Br2N3O4. The monoisotopic (exact) mass is 713 g/mol. The number of aromatic nitrogens is 1. The molecule has 1 aliphatic heterocycles. The quantitative estimate of drug-likeness (QED) is 0.169. The summed E-state index contributed by atoms with van der Waals surface area (Å²) in [6.45, 7) is 2.00. The summed E-state index contributed by atoms with van der Waals surface area (Å²) < 4.78 is 18.5. The number of carbonyl (C=O) groups excluding carboxylic acids is 1. The molecule has 1 atom stereocenters. The SMILES string of the molecule is COc1cc(C(=O)N2N=C(c3c(C)nc4ccc(Br)cc4c3-c3ccccc3)C[C@@H]2c2ccc(Br)cc2)cc(OC)c1OC. The fraction of sp³-hybridized carbons (Fsp3) is 0.171. The first-order valence-corrected chi connectivity index (χ1v) is 15.5. The summed E-state index contributed by atoms with van der Waals surface area (Å²) in [5.74, 6) is 0.913. The molecule has 222 valence electrons. The number of fused-ring (bicyclic) bond motifs is 1. The summed E-state index contributed by atoms with van der Waals surface area (Å²) in [4.78, 5) is 19.3. The van der Waals surface area contributed by atoms with E-state index in [0.717, 1.165) is 53.5 Å². The summed E-state index contributed by atoms with van der Waals surface area (Å²) in [5, 5.41) is 7.64. The van der Waals surface area contributed by atoms with Crippen LogP contribution < -0.4 is 14.2 Å². The Balaban J connectivity index is 1.56. The van der Waals surface area contributed by atoms with Crippen molar-refractivity contribution in [2.45, 2.75) is 19.4 Å². The average Bonchev–Trinajstić information content (AvgIpc) is 3.48. The van der Waals surface area contributed by atoms with Crippen LogP contribution in [0.2, 0.25) is 0 Å². The highest BCUT2D eigenvalue weighted by Crippen LogP contribution is 2.43. The minimum Gasteiger partial charge on any atom is -0.493 e. The van der Waals surface area contributed by atoms with E-state index < -0.39 is 0 Å². The second-order valence-electron chi connectivity index (χ2n) is 10.4. The highest BCUT2D eigenvalue weighted by molar-refractivity contribution is 9.10. The maximum absolute atomic E-state index is 14.3. The van der Waals surface area contributed by atoms with Gasteiger partial charge < -0.3 is 14.2 Å². The molecule has 5 aromatic rings. The largest absolute Gasteiger partial charge is 0.493 e. The predicted molar refractivity (Wildman–Crippen MR) is 180 cm³/mol. The molecule has 0 bridgehead atoms. The van der Waals surface area contributed by atoms with E-state index >= 15 is 0 Å². The van der Waals surface area contributed by atoms with Gasteiger partial charge in [-0.05, 0) is 60.5 Å². The summed E-state index contributed by atoms with van der Waals surface area (Å²) in [6, 6.07) is 27.3. The maximum Gasteiger partial charge on any atom is 0.274 e. The van der Waals surface area contributed by atoms with Crippen molar-refractivity contribution in [3.63, 3.8) is 0 Å². The number of amides is 1. The molecule has 0 saturated heterocycles. The van der Waals surface area contributed by atoms with Crippen molar-refractivity contribution >= 4 is 54.4 Å².